The van der Waals surface area contributed by atoms with Gasteiger partial charge in [0, 0.05) is 23.7 Å². The van der Waals surface area contributed by atoms with Crippen LogP contribution in [0.5, 0.6) is 0 Å². The summed E-state index contributed by atoms with van der Waals surface area (Å²) in [6.45, 7) is 3.78. The van der Waals surface area contributed by atoms with Crippen molar-refractivity contribution in [3.8, 4) is 0 Å². The Labute approximate surface area is 215 Å². The van der Waals surface area contributed by atoms with Gasteiger partial charge in [-0.1, -0.05) is 66.7 Å². The number of carbonyl (C=O) groups excluding carboxylic acids is 2. The monoisotopic (exact) mass is 492 g/mol. The van der Waals surface area contributed by atoms with Crippen molar-refractivity contribution in [3.63, 3.8) is 0 Å². The van der Waals surface area contributed by atoms with E-state index in [1.165, 1.54) is 0 Å². The molecule has 7 nitrogen and oxygen atoms in total. The van der Waals surface area contributed by atoms with Gasteiger partial charge in [-0.05, 0) is 49.4 Å². The molecule has 0 bridgehead atoms. The number of rotatable bonds is 6. The number of fused-ring (bicyclic) bond motifs is 1. The van der Waals surface area contributed by atoms with E-state index in [9.17, 15) is 9.59 Å². The van der Waals surface area contributed by atoms with E-state index in [1.54, 1.807) is 12.3 Å². The molecule has 0 fully saturated rings. The Hall–Kier alpha value is -4.52. The number of hydrogen-bond donors (Lipinski definition) is 2. The zero-order chi connectivity index (χ0) is 25.8. The lowest BCUT2D eigenvalue weighted by molar-refractivity contribution is -0.121. The number of pyridine rings is 1. The number of nitrogens with zero attached hydrogens (tertiary/aromatic N) is 2. The number of aromatic nitrogens is 1. The first-order valence-corrected chi connectivity index (χ1v) is 12.3. The van der Waals surface area contributed by atoms with E-state index >= 15 is 0 Å². The summed E-state index contributed by atoms with van der Waals surface area (Å²) in [5.41, 5.74) is 7.79. The maximum atomic E-state index is 13.4. The maximum Gasteiger partial charge on any atom is 0.292 e. The number of benzene rings is 2. The largest absolute Gasteiger partial charge is 0.455 e. The van der Waals surface area contributed by atoms with E-state index in [4.69, 9.17) is 4.42 Å². The third-order valence-electron chi connectivity index (χ3n) is 6.51. The van der Waals surface area contributed by atoms with Crippen LogP contribution in [0, 0.1) is 13.8 Å². The Kier molecular flexibility index (Phi) is 6.94. The zero-order valence-corrected chi connectivity index (χ0v) is 20.8. The molecular weight excluding hydrogens is 464 g/mol. The van der Waals surface area contributed by atoms with Crippen LogP contribution in [0.4, 0.5) is 5.82 Å². The van der Waals surface area contributed by atoms with Gasteiger partial charge in [0.1, 0.15) is 11.6 Å². The van der Waals surface area contributed by atoms with Crippen molar-refractivity contribution >= 4 is 23.3 Å². The van der Waals surface area contributed by atoms with Gasteiger partial charge < -0.3 is 9.73 Å². The molecule has 0 saturated heterocycles. The molecule has 37 heavy (non-hydrogen) atoms. The van der Waals surface area contributed by atoms with Gasteiger partial charge >= 0.3 is 0 Å². The second kappa shape index (κ2) is 10.6. The molecule has 0 radical (unpaired) electrons. The number of amides is 2. The van der Waals surface area contributed by atoms with E-state index in [2.05, 4.69) is 20.8 Å². The Bertz CT molecular complexity index is 1400. The normalized spacial score (nSPS) is 13.9. The molecule has 2 aromatic carbocycles. The van der Waals surface area contributed by atoms with E-state index in [1.807, 2.05) is 80.6 Å². The molecule has 1 aliphatic carbocycles. The van der Waals surface area contributed by atoms with Gasteiger partial charge in [-0.25, -0.2) is 10.4 Å². The van der Waals surface area contributed by atoms with Crippen LogP contribution >= 0.6 is 0 Å². The Morgan fingerprint density at radius 2 is 1.59 bits per heavy atom. The maximum absolute atomic E-state index is 13.4. The molecule has 0 spiro atoms. The van der Waals surface area contributed by atoms with Crippen LogP contribution in [-0.2, 0) is 11.2 Å². The van der Waals surface area contributed by atoms with Crippen LogP contribution in [0.1, 0.15) is 62.9 Å². The number of nitrogens with one attached hydrogen (secondary N) is 2. The molecule has 2 aromatic heterocycles. The number of aryl methyl sites for hydroxylation is 2. The van der Waals surface area contributed by atoms with Crippen LogP contribution in [0.15, 0.2) is 88.5 Å². The van der Waals surface area contributed by atoms with Gasteiger partial charge in [0.05, 0.1) is 11.6 Å². The van der Waals surface area contributed by atoms with Gasteiger partial charge in [-0.2, -0.15) is 5.10 Å². The highest BCUT2D eigenvalue weighted by molar-refractivity contribution is 6.09. The van der Waals surface area contributed by atoms with Gasteiger partial charge in [-0.15, -0.1) is 0 Å². The summed E-state index contributed by atoms with van der Waals surface area (Å²) in [4.78, 5) is 30.6. The number of anilines is 1. The highest BCUT2D eigenvalue weighted by Crippen LogP contribution is 2.31. The van der Waals surface area contributed by atoms with E-state index in [0.717, 1.165) is 28.7 Å². The van der Waals surface area contributed by atoms with Crippen molar-refractivity contribution in [3.05, 3.63) is 118 Å². The van der Waals surface area contributed by atoms with Gasteiger partial charge in [0.15, 0.2) is 5.76 Å². The van der Waals surface area contributed by atoms with Crippen LogP contribution in [0.25, 0.3) is 0 Å². The number of hydrogen-bond acceptors (Lipinski definition) is 5. The molecule has 2 N–H and O–H groups in total. The standard InChI is InChI=1S/C30H28N4O3/c1-19-16-17-25(31-18-19)32-30(36)28-20(2)26-23(14-9-15-24(26)37-28)33-34-29(35)27(21-10-5-3-6-11-21)22-12-7-4-8-13-22/h3-8,10-13,16-18,27H,9,14-15H2,1-2H3,(H,34,35)(H,31,32,36)/b33-23+. The van der Waals surface area contributed by atoms with Crippen molar-refractivity contribution in [2.45, 2.75) is 39.0 Å². The van der Waals surface area contributed by atoms with Gasteiger partial charge in [0.2, 0.25) is 0 Å². The lowest BCUT2D eigenvalue weighted by atomic mass is 9.90. The third kappa shape index (κ3) is 5.21. The minimum Gasteiger partial charge on any atom is -0.455 e. The summed E-state index contributed by atoms with van der Waals surface area (Å²) in [5, 5.41) is 7.33. The molecule has 0 saturated carbocycles. The predicted octanol–water partition coefficient (Wildman–Crippen LogP) is 5.53. The summed E-state index contributed by atoms with van der Waals surface area (Å²) in [6, 6.07) is 22.9. The predicted molar refractivity (Wildman–Crippen MR) is 143 cm³/mol. The fourth-order valence-electron chi connectivity index (χ4n) is 4.68. The lowest BCUT2D eigenvalue weighted by Gasteiger charge is -2.18. The second-order valence-electron chi connectivity index (χ2n) is 9.17. The molecule has 0 atom stereocenters. The zero-order valence-electron chi connectivity index (χ0n) is 20.8. The fraction of sp³-hybridized carbons (Fsp3) is 0.200. The SMILES string of the molecule is Cc1ccc(NC(=O)c2oc3c(c2C)/C(=N/NC(=O)C(c2ccccc2)c2ccccc2)CCC3)nc1. The van der Waals surface area contributed by atoms with E-state index in [-0.39, 0.29) is 17.6 Å². The van der Waals surface area contributed by atoms with Gasteiger partial charge in [0.25, 0.3) is 11.8 Å². The van der Waals surface area contributed by atoms with Crippen molar-refractivity contribution < 1.29 is 14.0 Å². The highest BCUT2D eigenvalue weighted by atomic mass is 16.4. The summed E-state index contributed by atoms with van der Waals surface area (Å²) >= 11 is 0. The smallest absolute Gasteiger partial charge is 0.292 e. The number of furan rings is 1. The van der Waals surface area contributed by atoms with Crippen LogP contribution < -0.4 is 10.7 Å². The summed E-state index contributed by atoms with van der Waals surface area (Å²) in [5.74, 6) is 0.324. The fourth-order valence-corrected chi connectivity index (χ4v) is 4.68. The molecule has 0 aliphatic heterocycles. The molecule has 2 heterocycles. The lowest BCUT2D eigenvalue weighted by Crippen LogP contribution is -2.28. The topological polar surface area (TPSA) is 96.6 Å². The Morgan fingerprint density at radius 1 is 0.919 bits per heavy atom. The Morgan fingerprint density at radius 3 is 2.22 bits per heavy atom. The van der Waals surface area contributed by atoms with Gasteiger partial charge in [-0.3, -0.25) is 9.59 Å². The molecule has 1 aliphatic rings. The second-order valence-corrected chi connectivity index (χ2v) is 9.17. The highest BCUT2D eigenvalue weighted by Gasteiger charge is 2.29. The van der Waals surface area contributed by atoms with E-state index < -0.39 is 5.92 Å². The third-order valence-corrected chi connectivity index (χ3v) is 6.51. The number of hydrazone groups is 1. The minimum absolute atomic E-state index is 0.221. The van der Waals surface area contributed by atoms with Crippen molar-refractivity contribution in [1.29, 1.82) is 0 Å². The van der Waals surface area contributed by atoms with Crippen molar-refractivity contribution in [1.82, 2.24) is 10.4 Å². The van der Waals surface area contributed by atoms with Crippen molar-refractivity contribution in [2.75, 3.05) is 5.32 Å². The first kappa shape index (κ1) is 24.2. The minimum atomic E-state index is -0.497. The average Bonchev–Trinajstić information content (AvgIpc) is 3.27. The molecule has 7 heteroatoms. The van der Waals surface area contributed by atoms with Crippen LogP contribution in [0.2, 0.25) is 0 Å². The summed E-state index contributed by atoms with van der Waals surface area (Å²) in [6.07, 6.45) is 3.89. The molecule has 186 valence electrons. The molecular formula is C30H28N4O3. The van der Waals surface area contributed by atoms with Crippen LogP contribution in [0.3, 0.4) is 0 Å². The molecule has 0 unspecified atom stereocenters. The summed E-state index contributed by atoms with van der Waals surface area (Å²) in [7, 11) is 0. The van der Waals surface area contributed by atoms with E-state index in [0.29, 0.717) is 35.7 Å². The quantitative estimate of drug-likeness (QED) is 0.346. The van der Waals surface area contributed by atoms with Crippen molar-refractivity contribution in [2.24, 2.45) is 5.10 Å². The molecule has 4 aromatic rings. The Balaban J connectivity index is 1.40. The molecule has 5 rings (SSSR count). The van der Waals surface area contributed by atoms with Crippen LogP contribution in [-0.4, -0.2) is 22.5 Å². The number of carbonyl (C=O) groups is 2. The average molecular weight is 493 g/mol. The summed E-state index contributed by atoms with van der Waals surface area (Å²) < 4.78 is 5.98. The molecule has 2 amide bonds. The first-order valence-electron chi connectivity index (χ1n) is 12.3. The first-order chi connectivity index (χ1) is 18.0.